The van der Waals surface area contributed by atoms with Gasteiger partial charge in [-0.05, 0) is 31.9 Å². The fourth-order valence-corrected chi connectivity index (χ4v) is 1.72. The number of nitrogen functional groups attached to an aromatic ring is 1. The van der Waals surface area contributed by atoms with Gasteiger partial charge in [-0.3, -0.25) is 0 Å². The van der Waals surface area contributed by atoms with Crippen LogP contribution in [-0.2, 0) is 0 Å². The fourth-order valence-electron chi connectivity index (χ4n) is 1.72. The van der Waals surface area contributed by atoms with Crippen LogP contribution in [0, 0.1) is 0 Å². The van der Waals surface area contributed by atoms with E-state index in [1.54, 1.807) is 0 Å². The van der Waals surface area contributed by atoms with Gasteiger partial charge in [0.05, 0.1) is 11.8 Å². The number of unbranched alkanes of at least 4 members (excludes halogenated alkanes) is 3. The Morgan fingerprint density at radius 1 is 1.19 bits per heavy atom. The molecule has 0 aromatic heterocycles. The van der Waals surface area contributed by atoms with E-state index in [4.69, 9.17) is 10.5 Å². The summed E-state index contributed by atoms with van der Waals surface area (Å²) in [5.74, 6) is 0.811. The maximum absolute atomic E-state index is 5.82. The van der Waals surface area contributed by atoms with Gasteiger partial charge < -0.3 is 10.5 Å². The van der Waals surface area contributed by atoms with Crippen molar-refractivity contribution in [3.05, 3.63) is 24.3 Å². The van der Waals surface area contributed by atoms with E-state index in [0.717, 1.165) is 17.9 Å². The van der Waals surface area contributed by atoms with Crippen molar-refractivity contribution >= 4 is 5.69 Å². The first kappa shape index (κ1) is 12.9. The van der Waals surface area contributed by atoms with Crippen LogP contribution in [0.4, 0.5) is 5.69 Å². The standard InChI is InChI=1S/C14H23NO/c1-3-4-5-6-9-12(2)16-14-11-8-7-10-13(14)15/h7-8,10-12H,3-6,9,15H2,1-2H3/t12-/m1/s1. The van der Waals surface area contributed by atoms with Crippen molar-refractivity contribution < 1.29 is 4.74 Å². The first-order chi connectivity index (χ1) is 7.74. The van der Waals surface area contributed by atoms with E-state index < -0.39 is 0 Å². The Labute approximate surface area is 98.8 Å². The van der Waals surface area contributed by atoms with Gasteiger partial charge in [-0.25, -0.2) is 0 Å². The summed E-state index contributed by atoms with van der Waals surface area (Å²) < 4.78 is 5.80. The molecule has 1 rings (SSSR count). The van der Waals surface area contributed by atoms with Crippen LogP contribution < -0.4 is 10.5 Å². The van der Waals surface area contributed by atoms with Gasteiger partial charge in [0.1, 0.15) is 5.75 Å². The van der Waals surface area contributed by atoms with Gasteiger partial charge >= 0.3 is 0 Å². The summed E-state index contributed by atoms with van der Waals surface area (Å²) in [6.45, 7) is 4.34. The maximum atomic E-state index is 5.82. The lowest BCUT2D eigenvalue weighted by atomic mass is 10.1. The van der Waals surface area contributed by atoms with Crippen LogP contribution in [-0.4, -0.2) is 6.10 Å². The first-order valence-corrected chi connectivity index (χ1v) is 6.25. The molecule has 0 aliphatic rings. The highest BCUT2D eigenvalue weighted by atomic mass is 16.5. The molecule has 0 bridgehead atoms. The molecule has 1 aromatic rings. The molecular formula is C14H23NO. The topological polar surface area (TPSA) is 35.2 Å². The van der Waals surface area contributed by atoms with E-state index in [-0.39, 0.29) is 6.10 Å². The molecule has 0 spiro atoms. The van der Waals surface area contributed by atoms with Crippen molar-refractivity contribution in [3.8, 4) is 5.75 Å². The van der Waals surface area contributed by atoms with Gasteiger partial charge in [0, 0.05) is 0 Å². The van der Waals surface area contributed by atoms with Gasteiger partial charge in [-0.2, -0.15) is 0 Å². The third kappa shape index (κ3) is 4.56. The quantitative estimate of drug-likeness (QED) is 0.558. The minimum atomic E-state index is 0.251. The number of benzene rings is 1. The highest BCUT2D eigenvalue weighted by molar-refractivity contribution is 5.51. The van der Waals surface area contributed by atoms with Crippen LogP contribution in [0.25, 0.3) is 0 Å². The van der Waals surface area contributed by atoms with Crippen LogP contribution in [0.5, 0.6) is 5.75 Å². The summed E-state index contributed by atoms with van der Waals surface area (Å²) in [5, 5.41) is 0. The molecule has 0 saturated heterocycles. The summed E-state index contributed by atoms with van der Waals surface area (Å²) in [7, 11) is 0. The van der Waals surface area contributed by atoms with E-state index in [2.05, 4.69) is 13.8 Å². The van der Waals surface area contributed by atoms with Gasteiger partial charge in [0.25, 0.3) is 0 Å². The second-order valence-corrected chi connectivity index (χ2v) is 4.32. The van der Waals surface area contributed by atoms with Crippen LogP contribution in [0.2, 0.25) is 0 Å². The summed E-state index contributed by atoms with van der Waals surface area (Å²) in [5.41, 5.74) is 6.55. The van der Waals surface area contributed by atoms with E-state index in [1.165, 1.54) is 25.7 Å². The molecule has 0 saturated carbocycles. The predicted molar refractivity (Wildman–Crippen MR) is 69.7 cm³/mol. The Hall–Kier alpha value is -1.18. The SMILES string of the molecule is CCCCCC[C@@H](C)Oc1ccccc1N. The molecule has 16 heavy (non-hydrogen) atoms. The van der Waals surface area contributed by atoms with E-state index in [0.29, 0.717) is 0 Å². The molecule has 90 valence electrons. The van der Waals surface area contributed by atoms with Gasteiger partial charge in [-0.1, -0.05) is 38.3 Å². The number of hydrogen-bond donors (Lipinski definition) is 1. The first-order valence-electron chi connectivity index (χ1n) is 6.25. The molecule has 1 atom stereocenters. The largest absolute Gasteiger partial charge is 0.489 e. The second kappa shape index (κ2) is 7.15. The van der Waals surface area contributed by atoms with Gasteiger partial charge in [0.2, 0.25) is 0 Å². The lowest BCUT2D eigenvalue weighted by molar-refractivity contribution is 0.207. The monoisotopic (exact) mass is 221 g/mol. The molecule has 0 unspecified atom stereocenters. The van der Waals surface area contributed by atoms with Crippen molar-refractivity contribution in [2.24, 2.45) is 0 Å². The average molecular weight is 221 g/mol. The molecule has 2 N–H and O–H groups in total. The van der Waals surface area contributed by atoms with Gasteiger partial charge in [0.15, 0.2) is 0 Å². The lowest BCUT2D eigenvalue weighted by Crippen LogP contribution is -2.12. The molecule has 1 aromatic carbocycles. The number of para-hydroxylation sites is 2. The zero-order valence-corrected chi connectivity index (χ0v) is 10.4. The third-order valence-electron chi connectivity index (χ3n) is 2.71. The maximum Gasteiger partial charge on any atom is 0.142 e. The number of anilines is 1. The smallest absolute Gasteiger partial charge is 0.142 e. The number of hydrogen-bond acceptors (Lipinski definition) is 2. The molecule has 0 aliphatic carbocycles. The highest BCUT2D eigenvalue weighted by Gasteiger charge is 2.05. The minimum Gasteiger partial charge on any atom is -0.489 e. The molecular weight excluding hydrogens is 198 g/mol. The molecule has 2 nitrogen and oxygen atoms in total. The van der Waals surface area contributed by atoms with Crippen molar-refractivity contribution in [2.75, 3.05) is 5.73 Å². The number of nitrogens with two attached hydrogens (primary N) is 1. The van der Waals surface area contributed by atoms with Gasteiger partial charge in [-0.15, -0.1) is 0 Å². The van der Waals surface area contributed by atoms with Crippen LogP contribution in [0.15, 0.2) is 24.3 Å². The van der Waals surface area contributed by atoms with Crippen LogP contribution in [0.1, 0.15) is 46.0 Å². The zero-order chi connectivity index (χ0) is 11.8. The lowest BCUT2D eigenvalue weighted by Gasteiger charge is -2.15. The summed E-state index contributed by atoms with van der Waals surface area (Å²) in [6, 6.07) is 7.68. The van der Waals surface area contributed by atoms with E-state index in [9.17, 15) is 0 Å². The Bertz CT molecular complexity index is 299. The second-order valence-electron chi connectivity index (χ2n) is 4.32. The number of ether oxygens (including phenoxy) is 1. The van der Waals surface area contributed by atoms with Crippen molar-refractivity contribution in [3.63, 3.8) is 0 Å². The molecule has 0 heterocycles. The molecule has 0 amide bonds. The Morgan fingerprint density at radius 2 is 1.94 bits per heavy atom. The normalized spacial score (nSPS) is 12.4. The predicted octanol–water partition coefficient (Wildman–Crippen LogP) is 4.01. The molecule has 0 radical (unpaired) electrons. The van der Waals surface area contributed by atoms with Crippen molar-refractivity contribution in [1.82, 2.24) is 0 Å². The molecule has 0 aliphatic heterocycles. The van der Waals surface area contributed by atoms with E-state index in [1.807, 2.05) is 24.3 Å². The zero-order valence-electron chi connectivity index (χ0n) is 10.4. The summed E-state index contributed by atoms with van der Waals surface area (Å²) in [6.07, 6.45) is 6.49. The summed E-state index contributed by atoms with van der Waals surface area (Å²) in [4.78, 5) is 0. The van der Waals surface area contributed by atoms with Crippen molar-refractivity contribution in [1.29, 1.82) is 0 Å². The molecule has 2 heteroatoms. The summed E-state index contributed by atoms with van der Waals surface area (Å²) >= 11 is 0. The van der Waals surface area contributed by atoms with E-state index >= 15 is 0 Å². The number of rotatable bonds is 7. The molecule has 0 fully saturated rings. The highest BCUT2D eigenvalue weighted by Crippen LogP contribution is 2.22. The van der Waals surface area contributed by atoms with Crippen molar-refractivity contribution in [2.45, 2.75) is 52.1 Å². The fraction of sp³-hybridized carbons (Fsp3) is 0.571. The Morgan fingerprint density at radius 3 is 2.62 bits per heavy atom. The average Bonchev–Trinajstić information content (AvgIpc) is 2.28. The minimum absolute atomic E-state index is 0.251. The van der Waals surface area contributed by atoms with Crippen LogP contribution in [0.3, 0.4) is 0 Å². The Balaban J connectivity index is 2.28. The third-order valence-corrected chi connectivity index (χ3v) is 2.71. The Kier molecular flexibility index (Phi) is 5.76. The van der Waals surface area contributed by atoms with Crippen LogP contribution >= 0.6 is 0 Å².